The predicted octanol–water partition coefficient (Wildman–Crippen LogP) is 1.27. The molecule has 0 radical (unpaired) electrons. The van der Waals surface area contributed by atoms with E-state index in [1.807, 2.05) is 0 Å². The second-order valence-corrected chi connectivity index (χ2v) is 4.41. The van der Waals surface area contributed by atoms with Gasteiger partial charge in [-0.2, -0.15) is 0 Å². The van der Waals surface area contributed by atoms with Gasteiger partial charge in [-0.05, 0) is 31.2 Å². The molecule has 1 unspecified atom stereocenters. The molecule has 1 saturated heterocycles. The van der Waals surface area contributed by atoms with Crippen LogP contribution in [0, 0.1) is 5.82 Å². The minimum atomic E-state index is -0.433. The number of ether oxygens (including phenoxy) is 1. The van der Waals surface area contributed by atoms with E-state index in [0.717, 1.165) is 19.5 Å². The highest BCUT2D eigenvalue weighted by Gasteiger charge is 2.26. The molecule has 1 atom stereocenters. The van der Waals surface area contributed by atoms with E-state index in [4.69, 9.17) is 4.74 Å². The van der Waals surface area contributed by atoms with Crippen LogP contribution in [0.4, 0.5) is 4.39 Å². The lowest BCUT2D eigenvalue weighted by Gasteiger charge is -2.24. The summed E-state index contributed by atoms with van der Waals surface area (Å²) in [6, 6.07) is 4.14. The summed E-state index contributed by atoms with van der Waals surface area (Å²) < 4.78 is 18.4. The van der Waals surface area contributed by atoms with E-state index < -0.39 is 5.82 Å². The number of halogens is 1. The molecule has 0 aliphatic carbocycles. The number of nitrogens with one attached hydrogen (secondary N) is 1. The van der Waals surface area contributed by atoms with Crippen LogP contribution in [0.2, 0.25) is 0 Å². The highest BCUT2D eigenvalue weighted by atomic mass is 19.1. The molecule has 1 aliphatic heterocycles. The van der Waals surface area contributed by atoms with Crippen LogP contribution in [0.15, 0.2) is 18.2 Å². The van der Waals surface area contributed by atoms with E-state index in [1.165, 1.54) is 25.3 Å². The van der Waals surface area contributed by atoms with Crippen LogP contribution in [0.25, 0.3) is 0 Å². The molecule has 1 heterocycles. The molecule has 98 valence electrons. The maximum atomic E-state index is 13.2. The lowest BCUT2D eigenvalue weighted by atomic mass is 10.1. The number of benzene rings is 1. The monoisotopic (exact) mass is 252 g/mol. The van der Waals surface area contributed by atoms with Crippen molar-refractivity contribution in [3.05, 3.63) is 29.6 Å². The quantitative estimate of drug-likeness (QED) is 0.880. The number of methoxy groups -OCH3 is 1. The fraction of sp³-hybridized carbons (Fsp3) is 0.462. The SMILES string of the molecule is COc1ccc(F)cc1C(=O)N(C)C1CCNC1. The summed E-state index contributed by atoms with van der Waals surface area (Å²) >= 11 is 0. The van der Waals surface area contributed by atoms with Crippen molar-refractivity contribution < 1.29 is 13.9 Å². The molecule has 1 aromatic carbocycles. The molecule has 0 aromatic heterocycles. The Hall–Kier alpha value is -1.62. The number of rotatable bonds is 3. The Labute approximate surface area is 106 Å². The molecular weight excluding hydrogens is 235 g/mol. The van der Waals surface area contributed by atoms with Crippen LogP contribution in [-0.4, -0.2) is 44.1 Å². The fourth-order valence-corrected chi connectivity index (χ4v) is 2.17. The summed E-state index contributed by atoms with van der Waals surface area (Å²) in [5, 5.41) is 3.20. The van der Waals surface area contributed by atoms with Gasteiger partial charge in [0.05, 0.1) is 12.7 Å². The molecule has 18 heavy (non-hydrogen) atoms. The first-order valence-electron chi connectivity index (χ1n) is 5.95. The van der Waals surface area contributed by atoms with Crippen molar-refractivity contribution in [2.45, 2.75) is 12.5 Å². The van der Waals surface area contributed by atoms with E-state index in [-0.39, 0.29) is 17.5 Å². The third kappa shape index (κ3) is 2.46. The van der Waals surface area contributed by atoms with E-state index in [0.29, 0.717) is 5.75 Å². The van der Waals surface area contributed by atoms with Gasteiger partial charge < -0.3 is 15.0 Å². The maximum Gasteiger partial charge on any atom is 0.257 e. The van der Waals surface area contributed by atoms with Crippen molar-refractivity contribution in [3.8, 4) is 5.75 Å². The Morgan fingerprint density at radius 1 is 1.56 bits per heavy atom. The second kappa shape index (κ2) is 5.35. The molecule has 1 aliphatic rings. The Kier molecular flexibility index (Phi) is 3.81. The first kappa shape index (κ1) is 12.8. The van der Waals surface area contributed by atoms with Crippen LogP contribution < -0.4 is 10.1 Å². The third-order valence-electron chi connectivity index (χ3n) is 3.29. The van der Waals surface area contributed by atoms with Crippen molar-refractivity contribution in [1.29, 1.82) is 0 Å². The lowest BCUT2D eigenvalue weighted by molar-refractivity contribution is 0.0740. The van der Waals surface area contributed by atoms with Crippen molar-refractivity contribution >= 4 is 5.91 Å². The molecule has 4 nitrogen and oxygen atoms in total. The van der Waals surface area contributed by atoms with Crippen LogP contribution in [0.3, 0.4) is 0 Å². The minimum absolute atomic E-state index is 0.158. The van der Waals surface area contributed by atoms with Gasteiger partial charge in [-0.25, -0.2) is 4.39 Å². The summed E-state index contributed by atoms with van der Waals surface area (Å²) in [5.41, 5.74) is 0.270. The number of carbonyl (C=O) groups is 1. The lowest BCUT2D eigenvalue weighted by Crippen LogP contribution is -2.38. The van der Waals surface area contributed by atoms with Gasteiger partial charge in [-0.1, -0.05) is 0 Å². The molecule has 1 fully saturated rings. The van der Waals surface area contributed by atoms with E-state index in [1.54, 1.807) is 11.9 Å². The van der Waals surface area contributed by atoms with Gasteiger partial charge in [-0.15, -0.1) is 0 Å². The van der Waals surface area contributed by atoms with Crippen molar-refractivity contribution in [3.63, 3.8) is 0 Å². The summed E-state index contributed by atoms with van der Waals surface area (Å²) in [6.45, 7) is 1.68. The Bertz CT molecular complexity index is 445. The number of carbonyl (C=O) groups excluding carboxylic acids is 1. The molecule has 0 bridgehead atoms. The smallest absolute Gasteiger partial charge is 0.257 e. The van der Waals surface area contributed by atoms with Gasteiger partial charge in [0.2, 0.25) is 0 Å². The molecule has 1 N–H and O–H groups in total. The zero-order chi connectivity index (χ0) is 13.1. The summed E-state index contributed by atoms with van der Waals surface area (Å²) in [4.78, 5) is 14.0. The van der Waals surface area contributed by atoms with E-state index in [9.17, 15) is 9.18 Å². The molecule has 1 aromatic rings. The van der Waals surface area contributed by atoms with Gasteiger partial charge in [0.15, 0.2) is 0 Å². The highest BCUT2D eigenvalue weighted by molar-refractivity contribution is 5.97. The van der Waals surface area contributed by atoms with Gasteiger partial charge in [-0.3, -0.25) is 4.79 Å². The number of nitrogens with zero attached hydrogens (tertiary/aromatic N) is 1. The molecule has 0 spiro atoms. The van der Waals surface area contributed by atoms with Gasteiger partial charge in [0.1, 0.15) is 11.6 Å². The molecule has 0 saturated carbocycles. The maximum absolute atomic E-state index is 13.2. The molecular formula is C13H17FN2O2. The molecule has 2 rings (SSSR count). The van der Waals surface area contributed by atoms with Crippen LogP contribution in [0.5, 0.6) is 5.75 Å². The van der Waals surface area contributed by atoms with Crippen LogP contribution in [0.1, 0.15) is 16.8 Å². The standard InChI is InChI=1S/C13H17FN2O2/c1-16(10-5-6-15-8-10)13(17)11-7-9(14)3-4-12(11)18-2/h3-4,7,10,15H,5-6,8H2,1-2H3. The van der Waals surface area contributed by atoms with E-state index in [2.05, 4.69) is 5.32 Å². The normalized spacial score (nSPS) is 18.7. The Balaban J connectivity index is 2.24. The van der Waals surface area contributed by atoms with Crippen molar-refractivity contribution in [1.82, 2.24) is 10.2 Å². The first-order valence-corrected chi connectivity index (χ1v) is 5.95. The number of likely N-dealkylation sites (N-methyl/N-ethyl adjacent to an activating group) is 1. The first-order chi connectivity index (χ1) is 8.63. The molecule has 1 amide bonds. The van der Waals surface area contributed by atoms with Gasteiger partial charge >= 0.3 is 0 Å². The summed E-state index contributed by atoms with van der Waals surface area (Å²) in [6.07, 6.45) is 0.917. The second-order valence-electron chi connectivity index (χ2n) is 4.41. The van der Waals surface area contributed by atoms with Crippen LogP contribution >= 0.6 is 0 Å². The topological polar surface area (TPSA) is 41.6 Å². The minimum Gasteiger partial charge on any atom is -0.496 e. The largest absolute Gasteiger partial charge is 0.496 e. The Morgan fingerprint density at radius 3 is 2.94 bits per heavy atom. The fourth-order valence-electron chi connectivity index (χ4n) is 2.17. The number of hydrogen-bond donors (Lipinski definition) is 1. The van der Waals surface area contributed by atoms with E-state index >= 15 is 0 Å². The van der Waals surface area contributed by atoms with Gasteiger partial charge in [0, 0.05) is 19.6 Å². The predicted molar refractivity (Wildman–Crippen MR) is 66.3 cm³/mol. The summed E-state index contributed by atoms with van der Waals surface area (Å²) in [7, 11) is 3.21. The number of amides is 1. The van der Waals surface area contributed by atoms with Crippen molar-refractivity contribution in [2.24, 2.45) is 0 Å². The highest BCUT2D eigenvalue weighted by Crippen LogP contribution is 2.22. The third-order valence-corrected chi connectivity index (χ3v) is 3.29. The number of hydrogen-bond acceptors (Lipinski definition) is 3. The van der Waals surface area contributed by atoms with Crippen molar-refractivity contribution in [2.75, 3.05) is 27.2 Å². The zero-order valence-corrected chi connectivity index (χ0v) is 10.6. The Morgan fingerprint density at radius 2 is 2.33 bits per heavy atom. The summed E-state index contributed by atoms with van der Waals surface area (Å²) in [5.74, 6) is -0.239. The zero-order valence-electron chi connectivity index (χ0n) is 10.6. The molecule has 5 heteroatoms. The van der Waals surface area contributed by atoms with Gasteiger partial charge in [0.25, 0.3) is 5.91 Å². The van der Waals surface area contributed by atoms with Crippen LogP contribution in [-0.2, 0) is 0 Å². The average Bonchev–Trinajstić information content (AvgIpc) is 2.90. The average molecular weight is 252 g/mol.